The third kappa shape index (κ3) is 2.65. The van der Waals surface area contributed by atoms with E-state index in [2.05, 4.69) is 9.97 Å². The molecule has 0 aliphatic rings. The maximum Gasteiger partial charge on any atom is 0.185 e. The first-order valence-corrected chi connectivity index (χ1v) is 5.28. The molecule has 0 aliphatic heterocycles. The zero-order valence-electron chi connectivity index (χ0n) is 8.73. The summed E-state index contributed by atoms with van der Waals surface area (Å²) in [6.45, 7) is 0. The monoisotopic (exact) mass is 250 g/mol. The van der Waals surface area contributed by atoms with Crippen LogP contribution in [0.2, 0.25) is 5.02 Å². The molecule has 1 aromatic carbocycles. The number of Topliss-reactive ketones (excluding diaryl/α,β-unsaturated/α-hetero) is 1. The Morgan fingerprint density at radius 2 is 2.18 bits per heavy atom. The van der Waals surface area contributed by atoms with E-state index in [0.717, 1.165) is 0 Å². The minimum Gasteiger partial charge on any atom is -0.292 e. The van der Waals surface area contributed by atoms with Crippen LogP contribution >= 0.6 is 11.6 Å². The fraction of sp³-hybridized carbons (Fsp3) is 0.0833. The largest absolute Gasteiger partial charge is 0.292 e. The van der Waals surface area contributed by atoms with Gasteiger partial charge in [-0.1, -0.05) is 17.7 Å². The van der Waals surface area contributed by atoms with Crippen molar-refractivity contribution in [3.63, 3.8) is 0 Å². The molecule has 5 heteroatoms. The highest BCUT2D eigenvalue weighted by Gasteiger charge is 2.14. The van der Waals surface area contributed by atoms with Crippen LogP contribution in [0.15, 0.2) is 36.8 Å². The van der Waals surface area contributed by atoms with Crippen LogP contribution in [-0.4, -0.2) is 15.8 Å². The lowest BCUT2D eigenvalue weighted by Gasteiger charge is -2.04. The number of ketones is 1. The highest BCUT2D eigenvalue weighted by Crippen LogP contribution is 2.20. The summed E-state index contributed by atoms with van der Waals surface area (Å²) in [4.78, 5) is 19.3. The molecule has 1 heterocycles. The molecular formula is C12H8ClFN2O. The van der Waals surface area contributed by atoms with E-state index in [9.17, 15) is 9.18 Å². The smallest absolute Gasteiger partial charge is 0.185 e. The number of rotatable bonds is 3. The maximum absolute atomic E-state index is 13.5. The summed E-state index contributed by atoms with van der Waals surface area (Å²) in [5.74, 6) is -0.778. The van der Waals surface area contributed by atoms with Crippen LogP contribution in [0.25, 0.3) is 0 Å². The summed E-state index contributed by atoms with van der Waals surface area (Å²) in [6, 6.07) is 5.80. The summed E-state index contributed by atoms with van der Waals surface area (Å²) in [6.07, 6.45) is 2.63. The molecule has 3 nitrogen and oxygen atoms in total. The summed E-state index contributed by atoms with van der Waals surface area (Å²) < 4.78 is 13.5. The zero-order chi connectivity index (χ0) is 12.3. The third-order valence-corrected chi connectivity index (χ3v) is 2.62. The fourth-order valence-corrected chi connectivity index (χ4v) is 1.64. The maximum atomic E-state index is 13.5. The van der Waals surface area contributed by atoms with Crippen LogP contribution in [-0.2, 0) is 6.42 Å². The minimum absolute atomic E-state index is 0.109. The molecule has 0 bridgehead atoms. The molecule has 1 aromatic heterocycles. The van der Waals surface area contributed by atoms with Gasteiger partial charge in [0.25, 0.3) is 0 Å². The van der Waals surface area contributed by atoms with E-state index in [-0.39, 0.29) is 28.5 Å². The number of aromatic nitrogens is 2. The average Bonchev–Trinajstić information content (AvgIpc) is 2.35. The molecule has 0 amide bonds. The molecule has 0 saturated heterocycles. The van der Waals surface area contributed by atoms with E-state index in [1.165, 1.54) is 30.7 Å². The predicted molar refractivity (Wildman–Crippen MR) is 61.5 cm³/mol. The quantitative estimate of drug-likeness (QED) is 0.787. The first-order valence-electron chi connectivity index (χ1n) is 4.90. The van der Waals surface area contributed by atoms with Crippen molar-refractivity contribution in [3.8, 4) is 0 Å². The van der Waals surface area contributed by atoms with E-state index in [1.54, 1.807) is 6.07 Å². The van der Waals surface area contributed by atoms with Crippen LogP contribution in [0.3, 0.4) is 0 Å². The summed E-state index contributed by atoms with van der Waals surface area (Å²) >= 11 is 5.84. The number of halogens is 2. The van der Waals surface area contributed by atoms with Gasteiger partial charge in [0.1, 0.15) is 17.8 Å². The Morgan fingerprint density at radius 3 is 2.82 bits per heavy atom. The fourth-order valence-electron chi connectivity index (χ4n) is 1.41. The molecular weight excluding hydrogens is 243 g/mol. The summed E-state index contributed by atoms with van der Waals surface area (Å²) in [5, 5.41) is 0.243. The molecule has 0 N–H and O–H groups in total. The average molecular weight is 251 g/mol. The first-order chi connectivity index (χ1) is 8.18. The van der Waals surface area contributed by atoms with Crippen LogP contribution in [0.5, 0.6) is 0 Å². The standard InChI is InChI=1S/C12H8ClFN2O/c13-9-2-1-3-10(14)8(9)6-12(17)11-4-5-15-7-16-11/h1-5,7H,6H2. The number of benzene rings is 1. The minimum atomic E-state index is -0.486. The Morgan fingerprint density at radius 1 is 1.35 bits per heavy atom. The molecule has 2 rings (SSSR count). The number of carbonyl (C=O) groups excluding carboxylic acids is 1. The van der Waals surface area contributed by atoms with E-state index < -0.39 is 5.82 Å². The Balaban J connectivity index is 2.25. The van der Waals surface area contributed by atoms with Gasteiger partial charge in [0.2, 0.25) is 0 Å². The predicted octanol–water partition coefficient (Wildman–Crippen LogP) is 2.69. The third-order valence-electron chi connectivity index (χ3n) is 2.27. The highest BCUT2D eigenvalue weighted by molar-refractivity contribution is 6.31. The van der Waals surface area contributed by atoms with E-state index in [4.69, 9.17) is 11.6 Å². The van der Waals surface area contributed by atoms with Crippen molar-refractivity contribution in [1.82, 2.24) is 9.97 Å². The Labute approximate surface area is 102 Å². The zero-order valence-corrected chi connectivity index (χ0v) is 9.49. The van der Waals surface area contributed by atoms with Gasteiger partial charge in [0.05, 0.1) is 0 Å². The van der Waals surface area contributed by atoms with Gasteiger partial charge in [-0.3, -0.25) is 4.79 Å². The van der Waals surface area contributed by atoms with Gasteiger partial charge in [0.15, 0.2) is 5.78 Å². The van der Waals surface area contributed by atoms with E-state index >= 15 is 0 Å². The second-order valence-electron chi connectivity index (χ2n) is 3.39. The lowest BCUT2D eigenvalue weighted by atomic mass is 10.1. The summed E-state index contributed by atoms with van der Waals surface area (Å²) in [7, 11) is 0. The van der Waals surface area contributed by atoms with Gasteiger partial charge in [-0.25, -0.2) is 14.4 Å². The lowest BCUT2D eigenvalue weighted by molar-refractivity contribution is 0.0987. The van der Waals surface area contributed by atoms with Gasteiger partial charge < -0.3 is 0 Å². The van der Waals surface area contributed by atoms with Gasteiger partial charge in [0, 0.05) is 23.2 Å². The molecule has 0 aliphatic carbocycles. The highest BCUT2D eigenvalue weighted by atomic mass is 35.5. The molecule has 86 valence electrons. The van der Waals surface area contributed by atoms with Crippen molar-refractivity contribution in [1.29, 1.82) is 0 Å². The molecule has 0 fully saturated rings. The molecule has 0 unspecified atom stereocenters. The Hall–Kier alpha value is -1.81. The number of hydrogen-bond donors (Lipinski definition) is 0. The molecule has 2 aromatic rings. The first kappa shape index (κ1) is 11.7. The van der Waals surface area contributed by atoms with Crippen molar-refractivity contribution in [2.75, 3.05) is 0 Å². The van der Waals surface area contributed by atoms with Crippen molar-refractivity contribution >= 4 is 17.4 Å². The molecule has 0 spiro atoms. The second kappa shape index (κ2) is 5.01. The van der Waals surface area contributed by atoms with Gasteiger partial charge in [-0.05, 0) is 18.2 Å². The topological polar surface area (TPSA) is 42.9 Å². The van der Waals surface area contributed by atoms with Crippen LogP contribution in [0, 0.1) is 5.82 Å². The van der Waals surface area contributed by atoms with Gasteiger partial charge >= 0.3 is 0 Å². The lowest BCUT2D eigenvalue weighted by Crippen LogP contribution is -2.07. The second-order valence-corrected chi connectivity index (χ2v) is 3.80. The van der Waals surface area contributed by atoms with Crippen molar-refractivity contribution in [3.05, 3.63) is 58.9 Å². The van der Waals surface area contributed by atoms with Gasteiger partial charge in [-0.15, -0.1) is 0 Å². The van der Waals surface area contributed by atoms with Crippen molar-refractivity contribution < 1.29 is 9.18 Å². The van der Waals surface area contributed by atoms with Crippen LogP contribution < -0.4 is 0 Å². The molecule has 0 radical (unpaired) electrons. The normalized spacial score (nSPS) is 10.2. The Bertz CT molecular complexity index is 525. The summed E-state index contributed by atoms with van der Waals surface area (Å²) in [5.41, 5.74) is 0.442. The number of nitrogens with zero attached hydrogens (tertiary/aromatic N) is 2. The van der Waals surface area contributed by atoms with Crippen LogP contribution in [0.4, 0.5) is 4.39 Å². The van der Waals surface area contributed by atoms with Crippen LogP contribution in [0.1, 0.15) is 16.1 Å². The van der Waals surface area contributed by atoms with E-state index in [1.807, 2.05) is 0 Å². The van der Waals surface area contributed by atoms with Crippen molar-refractivity contribution in [2.45, 2.75) is 6.42 Å². The number of hydrogen-bond acceptors (Lipinski definition) is 3. The van der Waals surface area contributed by atoms with Crippen molar-refractivity contribution in [2.24, 2.45) is 0 Å². The van der Waals surface area contributed by atoms with Gasteiger partial charge in [-0.2, -0.15) is 0 Å². The Kier molecular flexibility index (Phi) is 3.44. The SMILES string of the molecule is O=C(Cc1c(F)cccc1Cl)c1ccncn1. The molecule has 0 atom stereocenters. The van der Waals surface area contributed by atoms with E-state index in [0.29, 0.717) is 0 Å². The number of carbonyl (C=O) groups is 1. The molecule has 17 heavy (non-hydrogen) atoms. The molecule has 0 saturated carbocycles.